The lowest BCUT2D eigenvalue weighted by Crippen LogP contribution is -2.33. The summed E-state index contributed by atoms with van der Waals surface area (Å²) in [4.78, 5) is 2.29. The summed E-state index contributed by atoms with van der Waals surface area (Å²) in [6, 6.07) is 8.74. The Balaban J connectivity index is 1.99. The predicted molar refractivity (Wildman–Crippen MR) is 86.1 cm³/mol. The molecule has 5 heteroatoms. The van der Waals surface area contributed by atoms with E-state index in [1.54, 1.807) is 0 Å². The summed E-state index contributed by atoms with van der Waals surface area (Å²) in [5.74, 6) is 1.47. The van der Waals surface area contributed by atoms with Gasteiger partial charge in [0, 0.05) is 32.1 Å². The van der Waals surface area contributed by atoms with Crippen molar-refractivity contribution < 1.29 is 4.74 Å². The van der Waals surface area contributed by atoms with E-state index < -0.39 is 0 Å². The van der Waals surface area contributed by atoms with Gasteiger partial charge in [-0.05, 0) is 38.6 Å². The van der Waals surface area contributed by atoms with Crippen molar-refractivity contribution in [1.29, 1.82) is 0 Å². The summed E-state index contributed by atoms with van der Waals surface area (Å²) in [6.07, 6.45) is 0.208. The van der Waals surface area contributed by atoms with Crippen molar-refractivity contribution in [3.8, 4) is 5.75 Å². The lowest BCUT2D eigenvalue weighted by Gasteiger charge is -2.24. The molecular formula is C16H28N4O. The van der Waals surface area contributed by atoms with Crippen molar-refractivity contribution in [1.82, 2.24) is 15.8 Å². The van der Waals surface area contributed by atoms with E-state index in [-0.39, 0.29) is 6.10 Å². The second-order valence-corrected chi connectivity index (χ2v) is 6.05. The first-order valence-corrected chi connectivity index (χ1v) is 7.73. The van der Waals surface area contributed by atoms with Crippen LogP contribution < -0.4 is 21.3 Å². The van der Waals surface area contributed by atoms with Crippen LogP contribution >= 0.6 is 0 Å². The summed E-state index contributed by atoms with van der Waals surface area (Å²) in [5.41, 5.74) is 13.6. The molecule has 1 aromatic carbocycles. The highest BCUT2D eigenvalue weighted by atomic mass is 16.5. The smallest absolute Gasteiger partial charge is 0.119 e. The molecule has 0 aromatic heterocycles. The highest BCUT2D eigenvalue weighted by molar-refractivity contribution is 5.30. The molecule has 0 amide bonds. The van der Waals surface area contributed by atoms with Crippen molar-refractivity contribution in [2.75, 3.05) is 33.2 Å². The summed E-state index contributed by atoms with van der Waals surface area (Å²) in [7, 11) is 2.13. The van der Waals surface area contributed by atoms with Gasteiger partial charge < -0.3 is 15.4 Å². The molecule has 1 heterocycles. The molecule has 2 rings (SSSR count). The number of benzene rings is 1. The average Bonchev–Trinajstić information content (AvgIpc) is 2.87. The van der Waals surface area contributed by atoms with Crippen LogP contribution in [0.25, 0.3) is 0 Å². The number of hydrogen-bond donors (Lipinski definition) is 3. The van der Waals surface area contributed by atoms with Crippen molar-refractivity contribution in [2.24, 2.45) is 11.7 Å². The van der Waals surface area contributed by atoms with Gasteiger partial charge in [-0.25, -0.2) is 5.43 Å². The molecule has 0 radical (unpaired) electrons. The molecule has 0 spiro atoms. The van der Waals surface area contributed by atoms with E-state index in [0.29, 0.717) is 18.5 Å². The maximum absolute atomic E-state index is 5.70. The number of likely N-dealkylation sites (N-methyl/N-ethyl adjacent to an activating group) is 1. The minimum absolute atomic E-state index is 0.208. The maximum atomic E-state index is 5.70. The Morgan fingerprint density at radius 1 is 1.33 bits per heavy atom. The van der Waals surface area contributed by atoms with Crippen molar-refractivity contribution >= 4 is 0 Å². The molecule has 1 aliphatic rings. The number of hydrogen-bond acceptors (Lipinski definition) is 5. The Bertz CT molecular complexity index is 421. The van der Waals surface area contributed by atoms with Gasteiger partial charge in [-0.15, -0.1) is 0 Å². The number of nitrogens with one attached hydrogen (secondary N) is 2. The van der Waals surface area contributed by atoms with E-state index in [2.05, 4.69) is 47.1 Å². The van der Waals surface area contributed by atoms with Crippen molar-refractivity contribution in [3.63, 3.8) is 0 Å². The van der Waals surface area contributed by atoms with Gasteiger partial charge in [0.2, 0.25) is 0 Å². The first-order chi connectivity index (χ1) is 10.1. The quantitative estimate of drug-likeness (QED) is 0.703. The molecule has 1 aromatic rings. The first kappa shape index (κ1) is 16.2. The van der Waals surface area contributed by atoms with Gasteiger partial charge in [0.05, 0.1) is 12.1 Å². The second kappa shape index (κ2) is 7.75. The average molecular weight is 292 g/mol. The third-order valence-corrected chi connectivity index (χ3v) is 3.76. The van der Waals surface area contributed by atoms with Gasteiger partial charge in [-0.2, -0.15) is 0 Å². The van der Waals surface area contributed by atoms with Crippen LogP contribution in [0, 0.1) is 5.92 Å². The lowest BCUT2D eigenvalue weighted by atomic mass is 9.94. The first-order valence-electron chi connectivity index (χ1n) is 7.73. The standard InChI is InChI=1S/C16H28N4O/c1-12(2)21-15-6-4-13(5-7-15)16-14(10-18-19-16)11-20(3)9-8-17/h4-7,12,14,16,18-19H,8-11,17H2,1-3H3. The molecule has 118 valence electrons. The molecule has 0 bridgehead atoms. The highest BCUT2D eigenvalue weighted by Gasteiger charge is 2.28. The third kappa shape index (κ3) is 4.68. The molecular weight excluding hydrogens is 264 g/mol. The van der Waals surface area contributed by atoms with Crippen LogP contribution in [0.5, 0.6) is 5.75 Å². The topological polar surface area (TPSA) is 62.5 Å². The summed E-state index contributed by atoms with van der Waals surface area (Å²) in [6.45, 7) is 7.73. The van der Waals surface area contributed by atoms with E-state index in [9.17, 15) is 0 Å². The van der Waals surface area contributed by atoms with E-state index in [1.165, 1.54) is 5.56 Å². The van der Waals surface area contributed by atoms with E-state index in [4.69, 9.17) is 10.5 Å². The fourth-order valence-electron chi connectivity index (χ4n) is 2.80. The monoisotopic (exact) mass is 292 g/mol. The summed E-state index contributed by atoms with van der Waals surface area (Å²) in [5, 5.41) is 0. The normalized spacial score (nSPS) is 22.2. The zero-order valence-corrected chi connectivity index (χ0v) is 13.3. The van der Waals surface area contributed by atoms with Gasteiger partial charge in [0.15, 0.2) is 0 Å². The fraction of sp³-hybridized carbons (Fsp3) is 0.625. The Kier molecular flexibility index (Phi) is 5.99. The number of nitrogens with two attached hydrogens (primary N) is 1. The van der Waals surface area contributed by atoms with E-state index in [0.717, 1.165) is 25.4 Å². The molecule has 1 saturated heterocycles. The van der Waals surface area contributed by atoms with E-state index >= 15 is 0 Å². The van der Waals surface area contributed by atoms with E-state index in [1.807, 2.05) is 13.8 Å². The van der Waals surface area contributed by atoms with Crippen LogP contribution in [0.15, 0.2) is 24.3 Å². The summed E-state index contributed by atoms with van der Waals surface area (Å²) >= 11 is 0. The maximum Gasteiger partial charge on any atom is 0.119 e. The molecule has 1 aliphatic heterocycles. The molecule has 5 nitrogen and oxygen atoms in total. The molecule has 2 unspecified atom stereocenters. The largest absolute Gasteiger partial charge is 0.491 e. The van der Waals surface area contributed by atoms with Crippen LogP contribution in [0.4, 0.5) is 0 Å². The van der Waals surface area contributed by atoms with Gasteiger partial charge in [-0.1, -0.05) is 12.1 Å². The molecule has 0 saturated carbocycles. The van der Waals surface area contributed by atoms with Gasteiger partial charge in [0.25, 0.3) is 0 Å². The highest BCUT2D eigenvalue weighted by Crippen LogP contribution is 2.27. The van der Waals surface area contributed by atoms with Gasteiger partial charge in [0.1, 0.15) is 5.75 Å². The SMILES string of the molecule is CC(C)Oc1ccc(C2NNCC2CN(C)CCN)cc1. The van der Waals surface area contributed by atoms with Crippen LogP contribution in [0.2, 0.25) is 0 Å². The molecule has 1 fully saturated rings. The van der Waals surface area contributed by atoms with Gasteiger partial charge in [-0.3, -0.25) is 5.43 Å². The Morgan fingerprint density at radius 3 is 2.67 bits per heavy atom. The van der Waals surface area contributed by atoms with Crippen LogP contribution in [0.3, 0.4) is 0 Å². The number of hydrazine groups is 1. The zero-order valence-electron chi connectivity index (χ0n) is 13.3. The third-order valence-electron chi connectivity index (χ3n) is 3.76. The van der Waals surface area contributed by atoms with Crippen LogP contribution in [0.1, 0.15) is 25.5 Å². The number of nitrogens with zero attached hydrogens (tertiary/aromatic N) is 1. The molecule has 4 N–H and O–H groups in total. The Labute approximate surface area is 127 Å². The molecule has 0 aliphatic carbocycles. The zero-order chi connectivity index (χ0) is 15.2. The van der Waals surface area contributed by atoms with Gasteiger partial charge >= 0.3 is 0 Å². The van der Waals surface area contributed by atoms with Crippen molar-refractivity contribution in [2.45, 2.75) is 26.0 Å². The Hall–Kier alpha value is -1.14. The predicted octanol–water partition coefficient (Wildman–Crippen LogP) is 1.13. The number of rotatable bonds is 7. The molecule has 21 heavy (non-hydrogen) atoms. The lowest BCUT2D eigenvalue weighted by molar-refractivity contribution is 0.242. The van der Waals surface area contributed by atoms with Crippen molar-refractivity contribution in [3.05, 3.63) is 29.8 Å². The minimum atomic E-state index is 0.208. The second-order valence-electron chi connectivity index (χ2n) is 6.05. The minimum Gasteiger partial charge on any atom is -0.491 e. The van der Waals surface area contributed by atoms with Crippen LogP contribution in [-0.2, 0) is 0 Å². The summed E-state index contributed by atoms with van der Waals surface area (Å²) < 4.78 is 5.70. The number of ether oxygens (including phenoxy) is 1. The Morgan fingerprint density at radius 2 is 2.05 bits per heavy atom. The molecule has 2 atom stereocenters. The van der Waals surface area contributed by atoms with Crippen LogP contribution in [-0.4, -0.2) is 44.2 Å². The fourth-order valence-corrected chi connectivity index (χ4v) is 2.80.